The highest BCUT2D eigenvalue weighted by molar-refractivity contribution is 5.97. The summed E-state index contributed by atoms with van der Waals surface area (Å²) in [7, 11) is 1.59. The van der Waals surface area contributed by atoms with Crippen molar-refractivity contribution >= 4 is 5.91 Å². The summed E-state index contributed by atoms with van der Waals surface area (Å²) in [6.45, 7) is 3.39. The molecule has 4 heteroatoms. The summed E-state index contributed by atoms with van der Waals surface area (Å²) in [4.78, 5) is 14.3. The molecule has 0 aromatic heterocycles. The van der Waals surface area contributed by atoms with Gasteiger partial charge in [0.2, 0.25) is 0 Å². The van der Waals surface area contributed by atoms with Gasteiger partial charge in [0, 0.05) is 19.1 Å². The molecule has 0 saturated carbocycles. The molecule has 0 radical (unpaired) electrons. The van der Waals surface area contributed by atoms with Gasteiger partial charge in [-0.2, -0.15) is 0 Å². The van der Waals surface area contributed by atoms with Crippen LogP contribution in [0.25, 0.3) is 0 Å². The lowest BCUT2D eigenvalue weighted by Crippen LogP contribution is -2.45. The SMILES string of the molecule is COc1ccc(C)cc1C(=O)N1CCC[C@@H](N)C1. The molecule has 2 rings (SSSR count). The molecule has 1 fully saturated rings. The zero-order chi connectivity index (χ0) is 13.1. The number of carbonyl (C=O) groups is 1. The zero-order valence-corrected chi connectivity index (χ0v) is 11.0. The van der Waals surface area contributed by atoms with Gasteiger partial charge in [-0.25, -0.2) is 0 Å². The van der Waals surface area contributed by atoms with Crippen LogP contribution in [0.5, 0.6) is 5.75 Å². The minimum absolute atomic E-state index is 0.0192. The molecule has 0 unspecified atom stereocenters. The number of likely N-dealkylation sites (tertiary alicyclic amines) is 1. The Morgan fingerprint density at radius 2 is 2.28 bits per heavy atom. The van der Waals surface area contributed by atoms with Crippen molar-refractivity contribution in [3.8, 4) is 5.75 Å². The van der Waals surface area contributed by atoms with E-state index in [1.807, 2.05) is 30.0 Å². The second-order valence-electron chi connectivity index (χ2n) is 4.86. The number of piperidine rings is 1. The molecule has 1 aromatic carbocycles. The molecule has 1 saturated heterocycles. The molecule has 4 nitrogen and oxygen atoms in total. The third kappa shape index (κ3) is 2.64. The number of nitrogens with two attached hydrogens (primary N) is 1. The quantitative estimate of drug-likeness (QED) is 0.864. The molecular formula is C14H20N2O2. The van der Waals surface area contributed by atoms with E-state index in [1.165, 1.54) is 0 Å². The largest absolute Gasteiger partial charge is 0.496 e. The van der Waals surface area contributed by atoms with Gasteiger partial charge in [-0.15, -0.1) is 0 Å². The Balaban J connectivity index is 2.24. The second kappa shape index (κ2) is 5.40. The summed E-state index contributed by atoms with van der Waals surface area (Å²) in [5, 5.41) is 0. The lowest BCUT2D eigenvalue weighted by atomic mass is 10.0. The van der Waals surface area contributed by atoms with E-state index in [4.69, 9.17) is 10.5 Å². The van der Waals surface area contributed by atoms with Crippen LogP contribution < -0.4 is 10.5 Å². The first-order chi connectivity index (χ1) is 8.61. The fraction of sp³-hybridized carbons (Fsp3) is 0.500. The molecule has 1 amide bonds. The molecule has 2 N–H and O–H groups in total. The van der Waals surface area contributed by atoms with Gasteiger partial charge in [-0.3, -0.25) is 4.79 Å². The van der Waals surface area contributed by atoms with Gasteiger partial charge in [-0.1, -0.05) is 11.6 Å². The third-order valence-electron chi connectivity index (χ3n) is 3.33. The van der Waals surface area contributed by atoms with E-state index >= 15 is 0 Å². The molecular weight excluding hydrogens is 228 g/mol. The number of carbonyl (C=O) groups excluding carboxylic acids is 1. The summed E-state index contributed by atoms with van der Waals surface area (Å²) in [5.41, 5.74) is 7.60. The first-order valence-electron chi connectivity index (χ1n) is 6.31. The van der Waals surface area contributed by atoms with Gasteiger partial charge in [0.1, 0.15) is 5.75 Å². The topological polar surface area (TPSA) is 55.6 Å². The van der Waals surface area contributed by atoms with E-state index in [2.05, 4.69) is 0 Å². The maximum absolute atomic E-state index is 12.5. The van der Waals surface area contributed by atoms with Crippen LogP contribution in [-0.2, 0) is 0 Å². The standard InChI is InChI=1S/C14H20N2O2/c1-10-5-6-13(18-2)12(8-10)14(17)16-7-3-4-11(15)9-16/h5-6,8,11H,3-4,7,9,15H2,1-2H3/t11-/m1/s1. The zero-order valence-electron chi connectivity index (χ0n) is 11.0. The van der Waals surface area contributed by atoms with Gasteiger partial charge in [0.15, 0.2) is 0 Å². The minimum Gasteiger partial charge on any atom is -0.496 e. The first-order valence-corrected chi connectivity index (χ1v) is 6.31. The average Bonchev–Trinajstić information content (AvgIpc) is 2.38. The fourth-order valence-electron chi connectivity index (χ4n) is 2.35. The Bertz CT molecular complexity index is 445. The third-order valence-corrected chi connectivity index (χ3v) is 3.33. The Morgan fingerprint density at radius 3 is 2.94 bits per heavy atom. The van der Waals surface area contributed by atoms with E-state index in [-0.39, 0.29) is 11.9 Å². The van der Waals surface area contributed by atoms with Gasteiger partial charge in [0.25, 0.3) is 5.91 Å². The van der Waals surface area contributed by atoms with Crippen LogP contribution in [0.1, 0.15) is 28.8 Å². The van der Waals surface area contributed by atoms with Crippen molar-refractivity contribution in [2.45, 2.75) is 25.8 Å². The van der Waals surface area contributed by atoms with Crippen LogP contribution in [-0.4, -0.2) is 37.0 Å². The number of amides is 1. The monoisotopic (exact) mass is 248 g/mol. The summed E-state index contributed by atoms with van der Waals surface area (Å²) < 4.78 is 5.26. The van der Waals surface area contributed by atoms with Gasteiger partial charge in [-0.05, 0) is 31.9 Å². The highest BCUT2D eigenvalue weighted by Crippen LogP contribution is 2.22. The molecule has 0 bridgehead atoms. The van der Waals surface area contributed by atoms with Crippen LogP contribution in [0.4, 0.5) is 0 Å². The van der Waals surface area contributed by atoms with Crippen LogP contribution >= 0.6 is 0 Å². The fourth-order valence-corrected chi connectivity index (χ4v) is 2.35. The number of methoxy groups -OCH3 is 1. The molecule has 1 aromatic rings. The van der Waals surface area contributed by atoms with Crippen molar-refractivity contribution in [3.63, 3.8) is 0 Å². The van der Waals surface area contributed by atoms with Gasteiger partial charge >= 0.3 is 0 Å². The summed E-state index contributed by atoms with van der Waals surface area (Å²) in [6.07, 6.45) is 1.97. The Kier molecular flexibility index (Phi) is 3.87. The predicted octanol–water partition coefficient (Wildman–Crippen LogP) is 1.57. The normalized spacial score (nSPS) is 19.7. The van der Waals surface area contributed by atoms with Gasteiger partial charge < -0.3 is 15.4 Å². The molecule has 0 spiro atoms. The maximum atomic E-state index is 12.5. The summed E-state index contributed by atoms with van der Waals surface area (Å²) >= 11 is 0. The number of nitrogens with zero attached hydrogens (tertiary/aromatic N) is 1. The van der Waals surface area contributed by atoms with Crippen molar-refractivity contribution in [2.24, 2.45) is 5.73 Å². The number of hydrogen-bond acceptors (Lipinski definition) is 3. The van der Waals surface area contributed by atoms with Crippen LogP contribution in [0, 0.1) is 6.92 Å². The highest BCUT2D eigenvalue weighted by Gasteiger charge is 2.24. The average molecular weight is 248 g/mol. The number of rotatable bonds is 2. The first kappa shape index (κ1) is 12.9. The molecule has 1 atom stereocenters. The molecule has 1 aliphatic rings. The number of ether oxygens (including phenoxy) is 1. The van der Waals surface area contributed by atoms with E-state index in [9.17, 15) is 4.79 Å². The minimum atomic E-state index is 0.0192. The Labute approximate surface area is 108 Å². The van der Waals surface area contributed by atoms with E-state index in [0.717, 1.165) is 24.9 Å². The summed E-state index contributed by atoms with van der Waals surface area (Å²) in [6, 6.07) is 5.75. The molecule has 1 heterocycles. The van der Waals surface area contributed by atoms with Crippen molar-refractivity contribution in [2.75, 3.05) is 20.2 Å². The van der Waals surface area contributed by atoms with Crippen molar-refractivity contribution in [1.29, 1.82) is 0 Å². The number of hydrogen-bond donors (Lipinski definition) is 1. The van der Waals surface area contributed by atoms with Crippen LogP contribution in [0.2, 0.25) is 0 Å². The van der Waals surface area contributed by atoms with Crippen LogP contribution in [0.15, 0.2) is 18.2 Å². The smallest absolute Gasteiger partial charge is 0.257 e. The Hall–Kier alpha value is -1.55. The van der Waals surface area contributed by atoms with E-state index in [1.54, 1.807) is 7.11 Å². The molecule has 18 heavy (non-hydrogen) atoms. The van der Waals surface area contributed by atoms with E-state index in [0.29, 0.717) is 17.9 Å². The molecule has 0 aliphatic carbocycles. The van der Waals surface area contributed by atoms with Crippen molar-refractivity contribution < 1.29 is 9.53 Å². The molecule has 1 aliphatic heterocycles. The molecule has 98 valence electrons. The van der Waals surface area contributed by atoms with Crippen molar-refractivity contribution in [3.05, 3.63) is 29.3 Å². The Morgan fingerprint density at radius 1 is 1.50 bits per heavy atom. The predicted molar refractivity (Wildman–Crippen MR) is 70.8 cm³/mol. The number of aryl methyl sites for hydroxylation is 1. The van der Waals surface area contributed by atoms with Crippen molar-refractivity contribution in [1.82, 2.24) is 4.90 Å². The van der Waals surface area contributed by atoms with E-state index < -0.39 is 0 Å². The van der Waals surface area contributed by atoms with Gasteiger partial charge in [0.05, 0.1) is 12.7 Å². The lowest BCUT2D eigenvalue weighted by molar-refractivity contribution is 0.0705. The summed E-state index contributed by atoms with van der Waals surface area (Å²) in [5.74, 6) is 0.649. The van der Waals surface area contributed by atoms with Crippen LogP contribution in [0.3, 0.4) is 0 Å². The maximum Gasteiger partial charge on any atom is 0.257 e. The lowest BCUT2D eigenvalue weighted by Gasteiger charge is -2.31. The second-order valence-corrected chi connectivity index (χ2v) is 4.86. The number of benzene rings is 1. The highest BCUT2D eigenvalue weighted by atomic mass is 16.5.